The van der Waals surface area contributed by atoms with Gasteiger partial charge in [0.1, 0.15) is 0 Å². The molecule has 2 fully saturated rings. The van der Waals surface area contributed by atoms with Crippen LogP contribution < -0.4 is 0 Å². The summed E-state index contributed by atoms with van der Waals surface area (Å²) in [5, 5.41) is 9.40. The lowest BCUT2D eigenvalue weighted by atomic mass is 9.75. The van der Waals surface area contributed by atoms with Crippen LogP contribution >= 0.6 is 0 Å². The topological polar surface area (TPSA) is 46.5 Å². The van der Waals surface area contributed by atoms with Crippen LogP contribution in [-0.4, -0.2) is 22.8 Å². The summed E-state index contributed by atoms with van der Waals surface area (Å²) in [7, 11) is 0. The monoisotopic (exact) mass is 212 g/mol. The summed E-state index contributed by atoms with van der Waals surface area (Å²) in [5.41, 5.74) is -0.872. The molecule has 0 saturated heterocycles. The Bertz CT molecular complexity index is 247. The molecule has 3 heteroatoms. The zero-order chi connectivity index (χ0) is 10.9. The van der Waals surface area contributed by atoms with E-state index in [-0.39, 0.29) is 12.0 Å². The van der Waals surface area contributed by atoms with Crippen molar-refractivity contribution in [2.45, 2.75) is 63.6 Å². The Kier molecular flexibility index (Phi) is 3.01. The second-order valence-corrected chi connectivity index (χ2v) is 5.01. The molecular formula is C12H20O3. The minimum atomic E-state index is -0.872. The summed E-state index contributed by atoms with van der Waals surface area (Å²) >= 11 is 0. The third kappa shape index (κ3) is 1.89. The van der Waals surface area contributed by atoms with Gasteiger partial charge in [0.25, 0.3) is 0 Å². The molecule has 2 aliphatic rings. The fraction of sp³-hybridized carbons (Fsp3) is 0.917. The van der Waals surface area contributed by atoms with Gasteiger partial charge in [-0.1, -0.05) is 13.3 Å². The summed E-state index contributed by atoms with van der Waals surface area (Å²) in [6.07, 6.45) is 7.30. The van der Waals surface area contributed by atoms with Crippen LogP contribution in [0.3, 0.4) is 0 Å². The largest absolute Gasteiger partial charge is 0.479 e. The van der Waals surface area contributed by atoms with E-state index in [9.17, 15) is 9.90 Å². The highest BCUT2D eigenvalue weighted by atomic mass is 16.5. The van der Waals surface area contributed by atoms with Crippen LogP contribution in [0.25, 0.3) is 0 Å². The maximum absolute atomic E-state index is 11.4. The molecule has 2 rings (SSSR count). The highest BCUT2D eigenvalue weighted by Gasteiger charge is 2.48. The van der Waals surface area contributed by atoms with E-state index in [0.29, 0.717) is 6.42 Å². The van der Waals surface area contributed by atoms with Crippen molar-refractivity contribution in [1.82, 2.24) is 0 Å². The van der Waals surface area contributed by atoms with Crippen molar-refractivity contribution in [1.29, 1.82) is 0 Å². The van der Waals surface area contributed by atoms with Crippen molar-refractivity contribution in [2.75, 3.05) is 0 Å². The number of hydrogen-bond acceptors (Lipinski definition) is 2. The van der Waals surface area contributed by atoms with Crippen molar-refractivity contribution in [2.24, 2.45) is 5.92 Å². The van der Waals surface area contributed by atoms with Gasteiger partial charge >= 0.3 is 5.97 Å². The molecule has 2 aliphatic carbocycles. The zero-order valence-corrected chi connectivity index (χ0v) is 9.37. The highest BCUT2D eigenvalue weighted by Crippen LogP contribution is 2.40. The average molecular weight is 212 g/mol. The van der Waals surface area contributed by atoms with Crippen molar-refractivity contribution in [3.05, 3.63) is 0 Å². The average Bonchev–Trinajstić information content (AvgIpc) is 2.14. The predicted molar refractivity (Wildman–Crippen MR) is 56.7 cm³/mol. The second kappa shape index (κ2) is 4.12. The molecule has 0 aromatic rings. The van der Waals surface area contributed by atoms with E-state index < -0.39 is 11.6 Å². The van der Waals surface area contributed by atoms with E-state index in [1.807, 2.05) is 6.92 Å². The summed E-state index contributed by atoms with van der Waals surface area (Å²) in [4.78, 5) is 11.4. The first-order valence-electron chi connectivity index (χ1n) is 6.06. The maximum Gasteiger partial charge on any atom is 0.336 e. The molecule has 2 unspecified atom stereocenters. The molecule has 86 valence electrons. The van der Waals surface area contributed by atoms with Gasteiger partial charge in [0.05, 0.1) is 6.10 Å². The fourth-order valence-electron chi connectivity index (χ4n) is 2.65. The molecule has 15 heavy (non-hydrogen) atoms. The Morgan fingerprint density at radius 3 is 2.47 bits per heavy atom. The molecule has 0 bridgehead atoms. The number of aliphatic carboxylic acids is 1. The SMILES string of the molecule is CC1CCCCC1(OC1CCC1)C(=O)O. The molecule has 0 spiro atoms. The third-order valence-corrected chi connectivity index (χ3v) is 4.02. The van der Waals surface area contributed by atoms with Crippen LogP contribution in [0.4, 0.5) is 0 Å². The minimum absolute atomic E-state index is 0.157. The molecule has 2 saturated carbocycles. The van der Waals surface area contributed by atoms with E-state index in [0.717, 1.165) is 32.1 Å². The number of carboxylic acid groups (broad SMARTS) is 1. The molecule has 0 heterocycles. The van der Waals surface area contributed by atoms with E-state index in [1.165, 1.54) is 6.42 Å². The predicted octanol–water partition coefficient (Wildman–Crippen LogP) is 2.59. The van der Waals surface area contributed by atoms with Gasteiger partial charge in [-0.05, 0) is 44.4 Å². The number of ether oxygens (including phenoxy) is 1. The minimum Gasteiger partial charge on any atom is -0.479 e. The highest BCUT2D eigenvalue weighted by molar-refractivity contribution is 5.78. The molecular weight excluding hydrogens is 192 g/mol. The van der Waals surface area contributed by atoms with Crippen LogP contribution in [0.15, 0.2) is 0 Å². The first-order chi connectivity index (χ1) is 7.15. The summed E-state index contributed by atoms with van der Waals surface area (Å²) < 4.78 is 5.89. The van der Waals surface area contributed by atoms with Crippen molar-refractivity contribution in [3.63, 3.8) is 0 Å². The Morgan fingerprint density at radius 1 is 1.27 bits per heavy atom. The Balaban J connectivity index is 2.09. The lowest BCUT2D eigenvalue weighted by Crippen LogP contribution is -2.52. The van der Waals surface area contributed by atoms with Crippen molar-refractivity contribution in [3.8, 4) is 0 Å². The molecule has 0 aliphatic heterocycles. The molecule has 0 aromatic heterocycles. The fourth-order valence-corrected chi connectivity index (χ4v) is 2.65. The first-order valence-corrected chi connectivity index (χ1v) is 6.06. The lowest BCUT2D eigenvalue weighted by molar-refractivity contribution is -0.198. The summed E-state index contributed by atoms with van der Waals surface area (Å²) in [5.74, 6) is -0.592. The molecule has 0 aromatic carbocycles. The normalized spacial score (nSPS) is 37.3. The van der Waals surface area contributed by atoms with Gasteiger partial charge in [-0.3, -0.25) is 0 Å². The van der Waals surface area contributed by atoms with E-state index in [2.05, 4.69) is 0 Å². The van der Waals surface area contributed by atoms with E-state index in [4.69, 9.17) is 4.74 Å². The van der Waals surface area contributed by atoms with Crippen LogP contribution in [-0.2, 0) is 9.53 Å². The van der Waals surface area contributed by atoms with Crippen LogP contribution in [0.1, 0.15) is 51.9 Å². The molecule has 1 N–H and O–H groups in total. The second-order valence-electron chi connectivity index (χ2n) is 5.01. The molecule has 0 radical (unpaired) electrons. The van der Waals surface area contributed by atoms with Gasteiger partial charge in [-0.25, -0.2) is 4.79 Å². The standard InChI is InChI=1S/C12H20O3/c1-9-5-2-3-8-12(9,11(13)14)15-10-6-4-7-10/h9-10H,2-8H2,1H3,(H,13,14). The molecule has 0 amide bonds. The molecule has 2 atom stereocenters. The van der Waals surface area contributed by atoms with Gasteiger partial charge in [0.2, 0.25) is 0 Å². The first kappa shape index (κ1) is 10.9. The van der Waals surface area contributed by atoms with Gasteiger partial charge in [-0.2, -0.15) is 0 Å². The summed E-state index contributed by atoms with van der Waals surface area (Å²) in [6.45, 7) is 2.02. The zero-order valence-electron chi connectivity index (χ0n) is 9.37. The van der Waals surface area contributed by atoms with E-state index >= 15 is 0 Å². The van der Waals surface area contributed by atoms with E-state index in [1.54, 1.807) is 0 Å². The van der Waals surface area contributed by atoms with Gasteiger partial charge < -0.3 is 9.84 Å². The summed E-state index contributed by atoms with van der Waals surface area (Å²) in [6, 6.07) is 0. The number of carboxylic acids is 1. The van der Waals surface area contributed by atoms with Crippen molar-refractivity contribution < 1.29 is 14.6 Å². The quantitative estimate of drug-likeness (QED) is 0.782. The number of rotatable bonds is 3. The van der Waals surface area contributed by atoms with Crippen LogP contribution in [0.5, 0.6) is 0 Å². The number of carbonyl (C=O) groups is 1. The smallest absolute Gasteiger partial charge is 0.336 e. The van der Waals surface area contributed by atoms with Crippen molar-refractivity contribution >= 4 is 5.97 Å². The molecule has 3 nitrogen and oxygen atoms in total. The van der Waals surface area contributed by atoms with Gasteiger partial charge in [-0.15, -0.1) is 0 Å². The Morgan fingerprint density at radius 2 is 2.00 bits per heavy atom. The Labute approximate surface area is 90.8 Å². The van der Waals surface area contributed by atoms with Crippen LogP contribution in [0, 0.1) is 5.92 Å². The lowest BCUT2D eigenvalue weighted by Gasteiger charge is -2.43. The van der Waals surface area contributed by atoms with Gasteiger partial charge in [0, 0.05) is 0 Å². The third-order valence-electron chi connectivity index (χ3n) is 4.02. The Hall–Kier alpha value is -0.570. The maximum atomic E-state index is 11.4. The van der Waals surface area contributed by atoms with Crippen LogP contribution in [0.2, 0.25) is 0 Å². The number of hydrogen-bond donors (Lipinski definition) is 1. The van der Waals surface area contributed by atoms with Gasteiger partial charge in [0.15, 0.2) is 5.60 Å².